The van der Waals surface area contributed by atoms with E-state index in [-0.39, 0.29) is 0 Å². The second-order valence-corrected chi connectivity index (χ2v) is 7.20. The third-order valence-electron chi connectivity index (χ3n) is 4.74. The maximum Gasteiger partial charge on any atom is -0.0323 e. The number of hydrogen-bond acceptors (Lipinski definition) is 0. The van der Waals surface area contributed by atoms with Gasteiger partial charge in [-0.15, -0.1) is 0 Å². The molecule has 22 heavy (non-hydrogen) atoms. The summed E-state index contributed by atoms with van der Waals surface area (Å²) in [5, 5.41) is 0. The predicted octanol–water partition coefficient (Wildman–Crippen LogP) is 8.60. The molecule has 0 saturated carbocycles. The highest BCUT2D eigenvalue weighted by Crippen LogP contribution is 2.15. The Morgan fingerprint density at radius 2 is 0.818 bits per heavy atom. The third-order valence-corrected chi connectivity index (χ3v) is 4.74. The van der Waals surface area contributed by atoms with Crippen molar-refractivity contribution < 1.29 is 0 Å². The van der Waals surface area contributed by atoms with Crippen molar-refractivity contribution in [3.8, 4) is 0 Å². The third kappa shape index (κ3) is 17.8. The molecule has 0 aromatic heterocycles. The minimum absolute atomic E-state index is 1.23. The van der Waals surface area contributed by atoms with E-state index in [1.807, 2.05) is 0 Å². The van der Waals surface area contributed by atoms with E-state index in [2.05, 4.69) is 20.4 Å². The Kier molecular flexibility index (Phi) is 18.6. The summed E-state index contributed by atoms with van der Waals surface area (Å²) in [4.78, 5) is 0. The molecule has 0 rings (SSSR count). The van der Waals surface area contributed by atoms with Gasteiger partial charge in [0.15, 0.2) is 0 Å². The summed E-state index contributed by atoms with van der Waals surface area (Å²) in [7, 11) is 0. The van der Waals surface area contributed by atoms with E-state index in [9.17, 15) is 0 Å². The molecule has 0 aliphatic rings. The number of unbranched alkanes of at least 4 members (excludes halogenated alkanes) is 14. The molecule has 0 atom stereocenters. The zero-order valence-corrected chi connectivity index (χ0v) is 15.9. The molecule has 132 valence electrons. The number of allylic oxidation sites excluding steroid dienone is 1. The largest absolute Gasteiger partial charge is 0.0999 e. The van der Waals surface area contributed by atoms with Crippen LogP contribution in [0.3, 0.4) is 0 Å². The van der Waals surface area contributed by atoms with Crippen molar-refractivity contribution in [2.24, 2.45) is 0 Å². The van der Waals surface area contributed by atoms with E-state index in [1.165, 1.54) is 121 Å². The fraction of sp³-hybridized carbons (Fsp3) is 0.909. The fourth-order valence-electron chi connectivity index (χ4n) is 3.22. The molecule has 0 saturated heterocycles. The second-order valence-electron chi connectivity index (χ2n) is 7.20. The summed E-state index contributed by atoms with van der Waals surface area (Å²) in [6, 6.07) is 0. The van der Waals surface area contributed by atoms with Gasteiger partial charge < -0.3 is 0 Å². The van der Waals surface area contributed by atoms with Crippen LogP contribution in [-0.2, 0) is 0 Å². The van der Waals surface area contributed by atoms with Crippen molar-refractivity contribution >= 4 is 0 Å². The number of rotatable bonds is 18. The first-order valence-electron chi connectivity index (χ1n) is 10.5. The Morgan fingerprint density at radius 3 is 1.18 bits per heavy atom. The van der Waals surface area contributed by atoms with Gasteiger partial charge in [-0.2, -0.15) is 0 Å². The van der Waals surface area contributed by atoms with Crippen molar-refractivity contribution in [3.05, 3.63) is 12.2 Å². The normalized spacial score (nSPS) is 11.0. The van der Waals surface area contributed by atoms with Crippen LogP contribution in [0.4, 0.5) is 0 Å². The second kappa shape index (κ2) is 18.8. The van der Waals surface area contributed by atoms with Gasteiger partial charge in [0.05, 0.1) is 0 Å². The minimum Gasteiger partial charge on any atom is -0.0999 e. The predicted molar refractivity (Wildman–Crippen MR) is 104 cm³/mol. The summed E-state index contributed by atoms with van der Waals surface area (Å²) < 4.78 is 0. The molecule has 0 unspecified atom stereocenters. The molecule has 0 heteroatoms. The molecule has 0 bridgehead atoms. The molecule has 0 nitrogen and oxygen atoms in total. The lowest BCUT2D eigenvalue weighted by molar-refractivity contribution is 0.531. The molecule has 0 aromatic rings. The molecule has 0 fully saturated rings. The molecular formula is C22H44. The van der Waals surface area contributed by atoms with Gasteiger partial charge in [0.1, 0.15) is 0 Å². The van der Waals surface area contributed by atoms with Crippen LogP contribution in [0.25, 0.3) is 0 Å². The van der Waals surface area contributed by atoms with Crippen LogP contribution < -0.4 is 0 Å². The highest BCUT2D eigenvalue weighted by molar-refractivity contribution is 4.92. The lowest BCUT2D eigenvalue weighted by atomic mass is 10.0. The van der Waals surface area contributed by atoms with Crippen molar-refractivity contribution in [2.75, 3.05) is 0 Å². The SMILES string of the molecule is C=C(CCC)CCCCCCCCCCCCCCCCC. The smallest absolute Gasteiger partial charge is 0.0323 e. The fourth-order valence-corrected chi connectivity index (χ4v) is 3.22. The van der Waals surface area contributed by atoms with Crippen molar-refractivity contribution in [3.63, 3.8) is 0 Å². The van der Waals surface area contributed by atoms with E-state index in [4.69, 9.17) is 0 Å². The Morgan fingerprint density at radius 1 is 0.455 bits per heavy atom. The molecule has 0 N–H and O–H groups in total. The van der Waals surface area contributed by atoms with Crippen LogP contribution in [0.1, 0.15) is 129 Å². The van der Waals surface area contributed by atoms with Crippen molar-refractivity contribution in [2.45, 2.75) is 129 Å². The van der Waals surface area contributed by atoms with Gasteiger partial charge in [0.25, 0.3) is 0 Å². The van der Waals surface area contributed by atoms with Gasteiger partial charge in [-0.1, -0.05) is 122 Å². The van der Waals surface area contributed by atoms with Gasteiger partial charge in [-0.05, 0) is 19.3 Å². The Balaban J connectivity index is 3.01. The van der Waals surface area contributed by atoms with Crippen LogP contribution in [0, 0.1) is 0 Å². The molecule has 0 amide bonds. The first kappa shape index (κ1) is 21.7. The monoisotopic (exact) mass is 308 g/mol. The van der Waals surface area contributed by atoms with Gasteiger partial charge in [-0.3, -0.25) is 0 Å². The average Bonchev–Trinajstić information content (AvgIpc) is 2.51. The summed E-state index contributed by atoms with van der Waals surface area (Å²) in [6.07, 6.45) is 25.5. The van der Waals surface area contributed by atoms with Gasteiger partial charge in [0.2, 0.25) is 0 Å². The summed E-state index contributed by atoms with van der Waals surface area (Å²) in [5.41, 5.74) is 1.47. The Hall–Kier alpha value is -0.260. The molecule has 0 aliphatic heterocycles. The Bertz CT molecular complexity index is 216. The first-order valence-corrected chi connectivity index (χ1v) is 10.5. The zero-order valence-electron chi connectivity index (χ0n) is 15.9. The topological polar surface area (TPSA) is 0 Å². The molecule has 0 heterocycles. The minimum atomic E-state index is 1.23. The van der Waals surface area contributed by atoms with Crippen molar-refractivity contribution in [1.29, 1.82) is 0 Å². The summed E-state index contributed by atoms with van der Waals surface area (Å²) in [5.74, 6) is 0. The highest BCUT2D eigenvalue weighted by atomic mass is 14.0. The van der Waals surface area contributed by atoms with Crippen LogP contribution in [0.15, 0.2) is 12.2 Å². The van der Waals surface area contributed by atoms with E-state index in [1.54, 1.807) is 0 Å². The molecule has 0 aromatic carbocycles. The molecular weight excluding hydrogens is 264 g/mol. The van der Waals surface area contributed by atoms with Crippen LogP contribution >= 0.6 is 0 Å². The lowest BCUT2D eigenvalue weighted by Gasteiger charge is -2.05. The standard InChI is InChI=1S/C22H44/c1-4-6-7-8-9-10-11-12-13-14-15-16-17-18-19-21-22(3)20-5-2/h3-21H2,1-2H3. The van der Waals surface area contributed by atoms with E-state index < -0.39 is 0 Å². The average molecular weight is 309 g/mol. The summed E-state index contributed by atoms with van der Waals surface area (Å²) >= 11 is 0. The van der Waals surface area contributed by atoms with E-state index >= 15 is 0 Å². The lowest BCUT2D eigenvalue weighted by Crippen LogP contribution is -1.85. The highest BCUT2D eigenvalue weighted by Gasteiger charge is 1.96. The van der Waals surface area contributed by atoms with Gasteiger partial charge in [-0.25, -0.2) is 0 Å². The molecule has 0 spiro atoms. The number of hydrogen-bond donors (Lipinski definition) is 0. The van der Waals surface area contributed by atoms with Gasteiger partial charge >= 0.3 is 0 Å². The zero-order chi connectivity index (χ0) is 16.3. The van der Waals surface area contributed by atoms with E-state index in [0.717, 1.165) is 0 Å². The van der Waals surface area contributed by atoms with Crippen molar-refractivity contribution in [1.82, 2.24) is 0 Å². The van der Waals surface area contributed by atoms with Crippen LogP contribution in [0.2, 0.25) is 0 Å². The Labute approximate surface area is 142 Å². The first-order chi connectivity index (χ1) is 10.8. The van der Waals surface area contributed by atoms with E-state index in [0.29, 0.717) is 0 Å². The van der Waals surface area contributed by atoms with Crippen LogP contribution in [0.5, 0.6) is 0 Å². The molecule has 0 aliphatic carbocycles. The van der Waals surface area contributed by atoms with Gasteiger partial charge in [0, 0.05) is 0 Å². The quantitative estimate of drug-likeness (QED) is 0.176. The molecule has 0 radical (unpaired) electrons. The maximum absolute atomic E-state index is 4.15. The van der Waals surface area contributed by atoms with Crippen LogP contribution in [-0.4, -0.2) is 0 Å². The summed E-state index contributed by atoms with van der Waals surface area (Å²) in [6.45, 7) is 8.69. The maximum atomic E-state index is 4.15.